The summed E-state index contributed by atoms with van der Waals surface area (Å²) in [4.78, 5) is 16.5. The third-order valence-corrected chi connectivity index (χ3v) is 6.91. The average Bonchev–Trinajstić information content (AvgIpc) is 2.88. The van der Waals surface area contributed by atoms with Gasteiger partial charge in [-0.2, -0.15) is 0 Å². The Morgan fingerprint density at radius 1 is 1.08 bits per heavy atom. The third-order valence-electron chi connectivity index (χ3n) is 5.09. The normalized spacial score (nSPS) is 11.0. The number of aromatic nitrogens is 1. The molecule has 0 radical (unpaired) electrons. The summed E-state index contributed by atoms with van der Waals surface area (Å²) < 4.78 is 39.7. The number of nitrogens with one attached hydrogen (secondary N) is 2. The van der Waals surface area contributed by atoms with E-state index in [4.69, 9.17) is 15.2 Å². The first-order chi connectivity index (χ1) is 17.3. The second kappa shape index (κ2) is 12.8. The first-order valence-corrected chi connectivity index (χ1v) is 12.8. The SMILES string of the molecule is COc1ccccc1S(=O)(=O)N(CC(=O)NCCN)c1cc(C)cc(OCCNc2ccncc2)c1. The minimum absolute atomic E-state index is 0.0512. The van der Waals surface area contributed by atoms with Gasteiger partial charge in [-0.25, -0.2) is 8.42 Å². The van der Waals surface area contributed by atoms with Crippen molar-refractivity contribution in [3.05, 3.63) is 72.6 Å². The van der Waals surface area contributed by atoms with Crippen LogP contribution in [0.3, 0.4) is 0 Å². The number of anilines is 2. The van der Waals surface area contributed by atoms with Gasteiger partial charge in [0.2, 0.25) is 5.91 Å². The molecule has 2 aromatic carbocycles. The first kappa shape index (κ1) is 26.8. The Morgan fingerprint density at radius 2 is 1.83 bits per heavy atom. The van der Waals surface area contributed by atoms with E-state index >= 15 is 0 Å². The Bertz CT molecular complexity index is 1250. The van der Waals surface area contributed by atoms with Gasteiger partial charge in [0.1, 0.15) is 29.5 Å². The quantitative estimate of drug-likeness (QED) is 0.296. The Hall–Kier alpha value is -3.83. The highest BCUT2D eigenvalue weighted by Gasteiger charge is 2.30. The van der Waals surface area contributed by atoms with Gasteiger partial charge >= 0.3 is 0 Å². The van der Waals surface area contributed by atoms with Gasteiger partial charge < -0.3 is 25.8 Å². The molecule has 1 heterocycles. The second-order valence-electron chi connectivity index (χ2n) is 7.82. The fourth-order valence-corrected chi connectivity index (χ4v) is 5.02. The molecule has 3 aromatic rings. The van der Waals surface area contributed by atoms with Crippen LogP contribution in [0.15, 0.2) is 71.9 Å². The number of hydrogen-bond donors (Lipinski definition) is 3. The molecule has 0 aliphatic rings. The third kappa shape index (κ3) is 7.09. The van der Waals surface area contributed by atoms with Gasteiger partial charge in [-0.1, -0.05) is 12.1 Å². The lowest BCUT2D eigenvalue weighted by Crippen LogP contribution is -2.42. The summed E-state index contributed by atoms with van der Waals surface area (Å²) in [5, 5.41) is 5.85. The average molecular weight is 514 g/mol. The van der Waals surface area contributed by atoms with E-state index in [0.717, 1.165) is 15.6 Å². The molecular formula is C25H31N5O5S. The molecule has 0 saturated carbocycles. The molecule has 192 valence electrons. The van der Waals surface area contributed by atoms with E-state index in [0.29, 0.717) is 24.6 Å². The van der Waals surface area contributed by atoms with Crippen LogP contribution in [-0.2, 0) is 14.8 Å². The molecule has 1 aromatic heterocycles. The standard InChI is InChI=1S/C25H31N5O5S/c1-19-15-21(17-22(16-19)35-14-13-28-20-7-10-27-11-8-20)30(18-25(31)29-12-9-26)36(32,33)24-6-4-3-5-23(24)34-2/h3-8,10-11,15-17H,9,12-14,18,26H2,1-2H3,(H,27,28)(H,29,31). The molecule has 0 spiro atoms. The molecule has 0 unspecified atom stereocenters. The van der Waals surface area contributed by atoms with Gasteiger partial charge in [-0.15, -0.1) is 0 Å². The number of sulfonamides is 1. The van der Waals surface area contributed by atoms with E-state index in [-0.39, 0.29) is 23.7 Å². The van der Waals surface area contributed by atoms with E-state index in [1.165, 1.54) is 13.2 Å². The number of nitrogens with zero attached hydrogens (tertiary/aromatic N) is 2. The highest BCUT2D eigenvalue weighted by Crippen LogP contribution is 2.32. The van der Waals surface area contributed by atoms with E-state index in [1.54, 1.807) is 48.8 Å². The summed E-state index contributed by atoms with van der Waals surface area (Å²) in [5.74, 6) is 0.171. The molecule has 0 aliphatic carbocycles. The predicted molar refractivity (Wildman–Crippen MR) is 139 cm³/mol. The molecule has 11 heteroatoms. The fourth-order valence-electron chi connectivity index (χ4n) is 3.45. The van der Waals surface area contributed by atoms with Crippen molar-refractivity contribution in [2.45, 2.75) is 11.8 Å². The van der Waals surface area contributed by atoms with Crippen molar-refractivity contribution < 1.29 is 22.7 Å². The van der Waals surface area contributed by atoms with Crippen LogP contribution in [-0.4, -0.2) is 59.2 Å². The second-order valence-corrected chi connectivity index (χ2v) is 9.65. The van der Waals surface area contributed by atoms with Crippen molar-refractivity contribution in [3.63, 3.8) is 0 Å². The molecular weight excluding hydrogens is 482 g/mol. The molecule has 36 heavy (non-hydrogen) atoms. The number of carbonyl (C=O) groups excluding carboxylic acids is 1. The maximum atomic E-state index is 13.7. The van der Waals surface area contributed by atoms with Crippen LogP contribution in [0.2, 0.25) is 0 Å². The molecule has 0 aliphatic heterocycles. The van der Waals surface area contributed by atoms with Gasteiger partial charge in [0.15, 0.2) is 0 Å². The minimum Gasteiger partial charge on any atom is -0.495 e. The molecule has 0 saturated heterocycles. The number of aryl methyl sites for hydroxylation is 1. The van der Waals surface area contributed by atoms with Crippen molar-refractivity contribution in [2.75, 3.05) is 49.5 Å². The van der Waals surface area contributed by atoms with Crippen LogP contribution in [0, 0.1) is 6.92 Å². The largest absolute Gasteiger partial charge is 0.495 e. The van der Waals surface area contributed by atoms with Gasteiger partial charge in [-0.05, 0) is 48.9 Å². The number of pyridine rings is 1. The van der Waals surface area contributed by atoms with Gasteiger partial charge in [0, 0.05) is 43.8 Å². The topological polar surface area (TPSA) is 136 Å². The predicted octanol–water partition coefficient (Wildman–Crippen LogP) is 2.16. The molecule has 4 N–H and O–H groups in total. The lowest BCUT2D eigenvalue weighted by atomic mass is 10.2. The number of amides is 1. The van der Waals surface area contributed by atoms with Crippen molar-refractivity contribution in [1.29, 1.82) is 0 Å². The number of rotatable bonds is 13. The Kier molecular flexibility index (Phi) is 9.48. The van der Waals surface area contributed by atoms with E-state index < -0.39 is 22.5 Å². The Morgan fingerprint density at radius 3 is 2.56 bits per heavy atom. The number of hydrogen-bond acceptors (Lipinski definition) is 8. The van der Waals surface area contributed by atoms with E-state index in [2.05, 4.69) is 15.6 Å². The van der Waals surface area contributed by atoms with Crippen LogP contribution < -0.4 is 30.1 Å². The van der Waals surface area contributed by atoms with Crippen LogP contribution in [0.5, 0.6) is 11.5 Å². The molecule has 0 atom stereocenters. The number of nitrogens with two attached hydrogens (primary N) is 1. The lowest BCUT2D eigenvalue weighted by molar-refractivity contribution is -0.119. The van der Waals surface area contributed by atoms with Crippen LogP contribution in [0.4, 0.5) is 11.4 Å². The zero-order chi connectivity index (χ0) is 26.0. The number of para-hydroxylation sites is 1. The zero-order valence-corrected chi connectivity index (χ0v) is 21.1. The van der Waals surface area contributed by atoms with Crippen LogP contribution in [0.1, 0.15) is 5.56 Å². The summed E-state index contributed by atoms with van der Waals surface area (Å²) in [6.45, 7) is 2.72. The summed E-state index contributed by atoms with van der Waals surface area (Å²) >= 11 is 0. The van der Waals surface area contributed by atoms with E-state index in [9.17, 15) is 13.2 Å². The number of benzene rings is 2. The first-order valence-electron chi connectivity index (χ1n) is 11.4. The monoisotopic (exact) mass is 513 g/mol. The maximum Gasteiger partial charge on any atom is 0.268 e. The van der Waals surface area contributed by atoms with Crippen LogP contribution in [0.25, 0.3) is 0 Å². The minimum atomic E-state index is -4.17. The number of methoxy groups -OCH3 is 1. The Balaban J connectivity index is 1.88. The van der Waals surface area contributed by atoms with Crippen molar-refractivity contribution in [2.24, 2.45) is 5.73 Å². The van der Waals surface area contributed by atoms with Crippen molar-refractivity contribution in [1.82, 2.24) is 10.3 Å². The van der Waals surface area contributed by atoms with Gasteiger partial charge in [0.05, 0.1) is 12.8 Å². The fraction of sp³-hybridized carbons (Fsp3) is 0.280. The summed E-state index contributed by atoms with van der Waals surface area (Å²) in [6, 6.07) is 15.1. The molecule has 10 nitrogen and oxygen atoms in total. The highest BCUT2D eigenvalue weighted by molar-refractivity contribution is 7.93. The number of carbonyl (C=O) groups is 1. The highest BCUT2D eigenvalue weighted by atomic mass is 32.2. The van der Waals surface area contributed by atoms with Crippen molar-refractivity contribution in [3.8, 4) is 11.5 Å². The van der Waals surface area contributed by atoms with Gasteiger partial charge in [-0.3, -0.25) is 14.1 Å². The number of ether oxygens (including phenoxy) is 2. The summed E-state index contributed by atoms with van der Waals surface area (Å²) in [7, 11) is -2.78. The van der Waals surface area contributed by atoms with Crippen LogP contribution >= 0.6 is 0 Å². The molecule has 0 fully saturated rings. The molecule has 3 rings (SSSR count). The molecule has 1 amide bonds. The Labute approximate surface area is 211 Å². The maximum absolute atomic E-state index is 13.7. The smallest absolute Gasteiger partial charge is 0.268 e. The van der Waals surface area contributed by atoms with Crippen molar-refractivity contribution >= 4 is 27.3 Å². The van der Waals surface area contributed by atoms with E-state index in [1.807, 2.05) is 19.1 Å². The zero-order valence-electron chi connectivity index (χ0n) is 20.3. The summed E-state index contributed by atoms with van der Waals surface area (Å²) in [6.07, 6.45) is 3.38. The lowest BCUT2D eigenvalue weighted by Gasteiger charge is -2.25. The molecule has 0 bridgehead atoms. The van der Waals surface area contributed by atoms with Gasteiger partial charge in [0.25, 0.3) is 10.0 Å². The summed E-state index contributed by atoms with van der Waals surface area (Å²) in [5.41, 5.74) is 7.46.